The van der Waals surface area contributed by atoms with E-state index in [0.717, 1.165) is 19.6 Å². The van der Waals surface area contributed by atoms with Gasteiger partial charge in [0.05, 0.1) is 7.11 Å². The van der Waals surface area contributed by atoms with Gasteiger partial charge in [-0.25, -0.2) is 5.48 Å². The number of amides is 1. The zero-order valence-corrected chi connectivity index (χ0v) is 7.51. The van der Waals surface area contributed by atoms with E-state index in [-0.39, 0.29) is 5.91 Å². The van der Waals surface area contributed by atoms with Crippen LogP contribution >= 0.6 is 0 Å². The van der Waals surface area contributed by atoms with E-state index >= 15 is 0 Å². The number of likely N-dealkylation sites (tertiary alicyclic amines) is 1. The summed E-state index contributed by atoms with van der Waals surface area (Å²) in [6.45, 7) is 3.13. The summed E-state index contributed by atoms with van der Waals surface area (Å²) in [7, 11) is 1.45. The van der Waals surface area contributed by atoms with E-state index in [0.29, 0.717) is 6.42 Å². The molecule has 0 spiro atoms. The van der Waals surface area contributed by atoms with Crippen LogP contribution in [-0.2, 0) is 9.63 Å². The van der Waals surface area contributed by atoms with Crippen LogP contribution in [0, 0.1) is 0 Å². The van der Waals surface area contributed by atoms with Gasteiger partial charge >= 0.3 is 0 Å². The molecule has 0 bridgehead atoms. The highest BCUT2D eigenvalue weighted by molar-refractivity contribution is 5.74. The van der Waals surface area contributed by atoms with E-state index in [1.54, 1.807) is 0 Å². The van der Waals surface area contributed by atoms with Gasteiger partial charge < -0.3 is 4.90 Å². The van der Waals surface area contributed by atoms with Crippen molar-refractivity contribution in [2.24, 2.45) is 0 Å². The van der Waals surface area contributed by atoms with E-state index in [2.05, 4.69) is 15.2 Å². The standard InChI is InChI=1S/C8H16N2O2/c1-12-9-8(11)4-7-10-5-2-3-6-10/h2-7H2,1H3,(H,9,11). The topological polar surface area (TPSA) is 41.6 Å². The van der Waals surface area contributed by atoms with E-state index < -0.39 is 0 Å². The van der Waals surface area contributed by atoms with Crippen molar-refractivity contribution in [3.05, 3.63) is 0 Å². The van der Waals surface area contributed by atoms with Gasteiger partial charge in [0.2, 0.25) is 5.91 Å². The van der Waals surface area contributed by atoms with Crippen molar-refractivity contribution < 1.29 is 9.63 Å². The minimum absolute atomic E-state index is 0.0376. The molecule has 1 heterocycles. The maximum atomic E-state index is 10.9. The van der Waals surface area contributed by atoms with Crippen LogP contribution in [-0.4, -0.2) is 37.6 Å². The first-order valence-electron chi connectivity index (χ1n) is 4.37. The Kier molecular flexibility index (Phi) is 4.04. The number of nitrogens with zero attached hydrogens (tertiary/aromatic N) is 1. The van der Waals surface area contributed by atoms with Crippen molar-refractivity contribution in [2.75, 3.05) is 26.7 Å². The molecule has 0 saturated carbocycles. The second-order valence-electron chi connectivity index (χ2n) is 3.03. The minimum atomic E-state index is -0.0376. The quantitative estimate of drug-likeness (QED) is 0.614. The molecule has 1 amide bonds. The molecule has 1 saturated heterocycles. The molecule has 0 aromatic heterocycles. The van der Waals surface area contributed by atoms with Gasteiger partial charge in [0.15, 0.2) is 0 Å². The van der Waals surface area contributed by atoms with Crippen molar-refractivity contribution in [3.8, 4) is 0 Å². The van der Waals surface area contributed by atoms with Crippen LogP contribution in [0.1, 0.15) is 19.3 Å². The summed E-state index contributed by atoms with van der Waals surface area (Å²) in [5.41, 5.74) is 2.30. The number of carbonyl (C=O) groups is 1. The van der Waals surface area contributed by atoms with Crippen molar-refractivity contribution >= 4 is 5.91 Å². The molecular formula is C8H16N2O2. The molecule has 1 aliphatic rings. The number of hydroxylamine groups is 1. The summed E-state index contributed by atoms with van der Waals surface area (Å²) in [6.07, 6.45) is 3.08. The number of hydrogen-bond acceptors (Lipinski definition) is 3. The smallest absolute Gasteiger partial charge is 0.244 e. The highest BCUT2D eigenvalue weighted by Gasteiger charge is 2.12. The Balaban J connectivity index is 2.03. The molecule has 1 fully saturated rings. The molecule has 0 aliphatic carbocycles. The molecule has 0 aromatic rings. The summed E-state index contributed by atoms with van der Waals surface area (Å²) in [5, 5.41) is 0. The third-order valence-electron chi connectivity index (χ3n) is 2.07. The zero-order chi connectivity index (χ0) is 8.81. The van der Waals surface area contributed by atoms with Gasteiger partial charge in [-0.3, -0.25) is 9.63 Å². The Bertz CT molecular complexity index is 144. The molecule has 12 heavy (non-hydrogen) atoms. The normalized spacial score (nSPS) is 18.1. The third kappa shape index (κ3) is 3.19. The predicted octanol–water partition coefficient (Wildman–Crippen LogP) is 0.150. The first-order valence-corrected chi connectivity index (χ1v) is 4.37. The van der Waals surface area contributed by atoms with E-state index in [4.69, 9.17) is 0 Å². The van der Waals surface area contributed by atoms with Gasteiger partial charge in [-0.05, 0) is 25.9 Å². The second kappa shape index (κ2) is 5.11. The van der Waals surface area contributed by atoms with Crippen molar-refractivity contribution in [1.82, 2.24) is 10.4 Å². The summed E-state index contributed by atoms with van der Waals surface area (Å²) in [6, 6.07) is 0. The fourth-order valence-electron chi connectivity index (χ4n) is 1.43. The first kappa shape index (κ1) is 9.48. The largest absolute Gasteiger partial charge is 0.303 e. The lowest BCUT2D eigenvalue weighted by Crippen LogP contribution is -2.28. The van der Waals surface area contributed by atoms with E-state index in [9.17, 15) is 4.79 Å². The van der Waals surface area contributed by atoms with Gasteiger partial charge in [0, 0.05) is 13.0 Å². The molecule has 0 aromatic carbocycles. The Morgan fingerprint density at radius 2 is 2.17 bits per heavy atom. The van der Waals surface area contributed by atoms with Crippen LogP contribution in [0.2, 0.25) is 0 Å². The van der Waals surface area contributed by atoms with Crippen LogP contribution in [0.25, 0.3) is 0 Å². The van der Waals surface area contributed by atoms with Gasteiger partial charge in [0.1, 0.15) is 0 Å². The monoisotopic (exact) mass is 172 g/mol. The van der Waals surface area contributed by atoms with E-state index in [1.165, 1.54) is 20.0 Å². The second-order valence-corrected chi connectivity index (χ2v) is 3.03. The fraction of sp³-hybridized carbons (Fsp3) is 0.875. The third-order valence-corrected chi connectivity index (χ3v) is 2.07. The maximum Gasteiger partial charge on any atom is 0.244 e. The zero-order valence-electron chi connectivity index (χ0n) is 7.51. The molecular weight excluding hydrogens is 156 g/mol. The average Bonchev–Trinajstić information content (AvgIpc) is 2.53. The van der Waals surface area contributed by atoms with Gasteiger partial charge in [-0.1, -0.05) is 0 Å². The summed E-state index contributed by atoms with van der Waals surface area (Å²) in [5.74, 6) is -0.0376. The number of rotatable bonds is 4. The predicted molar refractivity (Wildman–Crippen MR) is 45.4 cm³/mol. The first-order chi connectivity index (χ1) is 5.83. The summed E-state index contributed by atoms with van der Waals surface area (Å²) >= 11 is 0. The lowest BCUT2D eigenvalue weighted by atomic mass is 10.4. The van der Waals surface area contributed by atoms with Crippen molar-refractivity contribution in [3.63, 3.8) is 0 Å². The molecule has 1 N–H and O–H groups in total. The summed E-state index contributed by atoms with van der Waals surface area (Å²) < 4.78 is 0. The maximum absolute atomic E-state index is 10.9. The molecule has 1 rings (SSSR count). The molecule has 4 heteroatoms. The Morgan fingerprint density at radius 1 is 1.50 bits per heavy atom. The van der Waals surface area contributed by atoms with Crippen molar-refractivity contribution in [2.45, 2.75) is 19.3 Å². The Labute approximate surface area is 72.8 Å². The molecule has 0 radical (unpaired) electrons. The average molecular weight is 172 g/mol. The SMILES string of the molecule is CONC(=O)CCN1CCCC1. The van der Waals surface area contributed by atoms with Crippen LogP contribution in [0.15, 0.2) is 0 Å². The number of carbonyl (C=O) groups excluding carboxylic acids is 1. The molecule has 4 nitrogen and oxygen atoms in total. The molecule has 0 atom stereocenters. The van der Waals surface area contributed by atoms with Crippen molar-refractivity contribution in [1.29, 1.82) is 0 Å². The minimum Gasteiger partial charge on any atom is -0.303 e. The highest BCUT2D eigenvalue weighted by Crippen LogP contribution is 2.06. The van der Waals surface area contributed by atoms with Gasteiger partial charge in [0.25, 0.3) is 0 Å². The van der Waals surface area contributed by atoms with Gasteiger partial charge in [-0.2, -0.15) is 0 Å². The Morgan fingerprint density at radius 3 is 2.75 bits per heavy atom. The van der Waals surface area contributed by atoms with Crippen LogP contribution in [0.4, 0.5) is 0 Å². The molecule has 0 unspecified atom stereocenters. The molecule has 70 valence electrons. The van der Waals surface area contributed by atoms with Crippen LogP contribution in [0.5, 0.6) is 0 Å². The van der Waals surface area contributed by atoms with Crippen LogP contribution in [0.3, 0.4) is 0 Å². The van der Waals surface area contributed by atoms with Gasteiger partial charge in [-0.15, -0.1) is 0 Å². The lowest BCUT2D eigenvalue weighted by Gasteiger charge is -2.13. The lowest BCUT2D eigenvalue weighted by molar-refractivity contribution is -0.131. The summed E-state index contributed by atoms with van der Waals surface area (Å²) in [4.78, 5) is 17.7. The Hall–Kier alpha value is -0.610. The highest BCUT2D eigenvalue weighted by atomic mass is 16.6. The van der Waals surface area contributed by atoms with E-state index in [1.807, 2.05) is 0 Å². The number of nitrogens with one attached hydrogen (secondary N) is 1. The number of hydrogen-bond donors (Lipinski definition) is 1. The van der Waals surface area contributed by atoms with Crippen LogP contribution < -0.4 is 5.48 Å². The molecule has 1 aliphatic heterocycles. The fourth-order valence-corrected chi connectivity index (χ4v) is 1.43.